The van der Waals surface area contributed by atoms with Crippen molar-refractivity contribution in [3.05, 3.63) is 0 Å². The maximum atomic E-state index is 10.6. The minimum absolute atomic E-state index is 0.203. The predicted molar refractivity (Wildman–Crippen MR) is 72.7 cm³/mol. The highest BCUT2D eigenvalue weighted by atomic mass is 16.7. The van der Waals surface area contributed by atoms with E-state index in [9.17, 15) is 4.79 Å². The van der Waals surface area contributed by atoms with Crippen LogP contribution in [0.25, 0.3) is 0 Å². The highest BCUT2D eigenvalue weighted by Gasteiger charge is 2.42. The fourth-order valence-electron chi connectivity index (χ4n) is 4.37. The van der Waals surface area contributed by atoms with Gasteiger partial charge in [-0.25, -0.2) is 0 Å². The molecule has 0 radical (unpaired) electrons. The molecule has 0 bridgehead atoms. The van der Waals surface area contributed by atoms with E-state index in [1.165, 1.54) is 38.5 Å². The number of hydrogen-bond acceptors (Lipinski definition) is 3. The van der Waals surface area contributed by atoms with E-state index in [4.69, 9.17) is 9.47 Å². The molecule has 0 N–H and O–H groups in total. The summed E-state index contributed by atoms with van der Waals surface area (Å²) in [6, 6.07) is 0. The topological polar surface area (TPSA) is 35.5 Å². The average Bonchev–Trinajstić information content (AvgIpc) is 2.90. The van der Waals surface area contributed by atoms with Crippen LogP contribution in [0.4, 0.5) is 0 Å². The lowest BCUT2D eigenvalue weighted by Crippen LogP contribution is -2.37. The molecule has 0 atom stereocenters. The molecule has 1 saturated heterocycles. The zero-order valence-corrected chi connectivity index (χ0v) is 11.8. The molecule has 0 unspecified atom stereocenters. The van der Waals surface area contributed by atoms with Crippen molar-refractivity contribution < 1.29 is 14.3 Å². The molecule has 1 aliphatic heterocycles. The number of rotatable bonds is 3. The fraction of sp³-hybridized carbons (Fsp3) is 0.938. The molecule has 3 rings (SSSR count). The van der Waals surface area contributed by atoms with E-state index in [1.807, 2.05) is 0 Å². The zero-order chi connectivity index (χ0) is 13.1. The van der Waals surface area contributed by atoms with Gasteiger partial charge in [0.05, 0.1) is 13.2 Å². The summed E-state index contributed by atoms with van der Waals surface area (Å²) >= 11 is 0. The quantitative estimate of drug-likeness (QED) is 0.735. The Morgan fingerprint density at radius 2 is 1.47 bits per heavy atom. The van der Waals surface area contributed by atoms with Gasteiger partial charge < -0.3 is 14.3 Å². The van der Waals surface area contributed by atoms with Gasteiger partial charge in [-0.1, -0.05) is 0 Å². The molecule has 1 heterocycles. The number of carbonyl (C=O) groups excluding carboxylic acids is 1. The van der Waals surface area contributed by atoms with Crippen molar-refractivity contribution in [2.45, 2.75) is 63.6 Å². The van der Waals surface area contributed by atoms with Crippen molar-refractivity contribution in [2.75, 3.05) is 13.2 Å². The molecule has 3 heteroatoms. The summed E-state index contributed by atoms with van der Waals surface area (Å²) in [5.41, 5.74) is 0. The molecule has 108 valence electrons. The summed E-state index contributed by atoms with van der Waals surface area (Å²) < 4.78 is 11.6. The van der Waals surface area contributed by atoms with Gasteiger partial charge >= 0.3 is 0 Å². The van der Waals surface area contributed by atoms with Gasteiger partial charge in [0.2, 0.25) is 0 Å². The lowest BCUT2D eigenvalue weighted by Gasteiger charge is -2.40. The SMILES string of the molecule is O=CCC1CCC(C2CCC3(CC2)OCCO3)CC1. The monoisotopic (exact) mass is 266 g/mol. The van der Waals surface area contributed by atoms with Gasteiger partial charge in [0.25, 0.3) is 0 Å². The van der Waals surface area contributed by atoms with E-state index < -0.39 is 0 Å². The highest BCUT2D eigenvalue weighted by molar-refractivity contribution is 5.49. The molecule has 3 fully saturated rings. The van der Waals surface area contributed by atoms with E-state index in [-0.39, 0.29) is 5.79 Å². The molecular formula is C16H26O3. The standard InChI is InChI=1S/C16H26O3/c17-10-7-13-1-3-14(4-2-13)15-5-8-16(9-6-15)18-11-12-19-16/h10,13-15H,1-9,11-12H2. The first-order valence-electron chi connectivity index (χ1n) is 8.03. The van der Waals surface area contributed by atoms with Gasteiger partial charge in [-0.3, -0.25) is 0 Å². The van der Waals surface area contributed by atoms with E-state index in [0.717, 1.165) is 50.6 Å². The Morgan fingerprint density at radius 3 is 2.05 bits per heavy atom. The van der Waals surface area contributed by atoms with Crippen molar-refractivity contribution in [1.29, 1.82) is 0 Å². The minimum atomic E-state index is -0.203. The Morgan fingerprint density at radius 1 is 0.895 bits per heavy atom. The van der Waals surface area contributed by atoms with Crippen LogP contribution >= 0.6 is 0 Å². The molecule has 2 aliphatic carbocycles. The van der Waals surface area contributed by atoms with Crippen molar-refractivity contribution >= 4 is 6.29 Å². The fourth-order valence-corrected chi connectivity index (χ4v) is 4.37. The van der Waals surface area contributed by atoms with Gasteiger partial charge in [0.1, 0.15) is 6.29 Å². The second kappa shape index (κ2) is 5.92. The Kier molecular flexibility index (Phi) is 4.23. The summed E-state index contributed by atoms with van der Waals surface area (Å²) in [4.78, 5) is 10.6. The molecule has 0 aromatic heterocycles. The first kappa shape index (κ1) is 13.6. The van der Waals surface area contributed by atoms with Crippen molar-refractivity contribution in [3.63, 3.8) is 0 Å². The summed E-state index contributed by atoms with van der Waals surface area (Å²) in [6.07, 6.45) is 11.8. The maximum absolute atomic E-state index is 10.6. The molecule has 0 aromatic rings. The molecule has 19 heavy (non-hydrogen) atoms. The third-order valence-electron chi connectivity index (χ3n) is 5.59. The zero-order valence-electron chi connectivity index (χ0n) is 11.8. The van der Waals surface area contributed by atoms with Crippen LogP contribution in [0.5, 0.6) is 0 Å². The van der Waals surface area contributed by atoms with E-state index in [2.05, 4.69) is 0 Å². The average molecular weight is 266 g/mol. The van der Waals surface area contributed by atoms with E-state index in [0.29, 0.717) is 5.92 Å². The summed E-state index contributed by atoms with van der Waals surface area (Å²) in [5.74, 6) is 2.23. The van der Waals surface area contributed by atoms with Crippen LogP contribution < -0.4 is 0 Å². The molecule has 1 spiro atoms. The summed E-state index contributed by atoms with van der Waals surface area (Å²) in [7, 11) is 0. The van der Waals surface area contributed by atoms with Crippen molar-refractivity contribution in [3.8, 4) is 0 Å². The third kappa shape index (κ3) is 3.03. The Labute approximate surface area is 116 Å². The number of ether oxygens (including phenoxy) is 2. The van der Waals surface area contributed by atoms with Crippen LogP contribution in [0.3, 0.4) is 0 Å². The molecule has 2 saturated carbocycles. The second-order valence-electron chi connectivity index (χ2n) is 6.63. The van der Waals surface area contributed by atoms with E-state index in [1.54, 1.807) is 0 Å². The number of carbonyl (C=O) groups is 1. The molecular weight excluding hydrogens is 240 g/mol. The van der Waals surface area contributed by atoms with Crippen LogP contribution in [-0.2, 0) is 14.3 Å². The van der Waals surface area contributed by atoms with Gasteiger partial charge in [-0.15, -0.1) is 0 Å². The Balaban J connectivity index is 1.46. The molecule has 0 aromatic carbocycles. The van der Waals surface area contributed by atoms with Crippen LogP contribution in [0.1, 0.15) is 57.8 Å². The van der Waals surface area contributed by atoms with Crippen LogP contribution in [0.2, 0.25) is 0 Å². The second-order valence-corrected chi connectivity index (χ2v) is 6.63. The predicted octanol–water partition coefficient (Wildman–Crippen LogP) is 3.32. The highest BCUT2D eigenvalue weighted by Crippen LogP contribution is 2.45. The molecule has 3 nitrogen and oxygen atoms in total. The minimum Gasteiger partial charge on any atom is -0.348 e. The van der Waals surface area contributed by atoms with Crippen molar-refractivity contribution in [2.24, 2.45) is 17.8 Å². The molecule has 3 aliphatic rings. The normalized spacial score (nSPS) is 35.6. The third-order valence-corrected chi connectivity index (χ3v) is 5.59. The first-order valence-corrected chi connectivity index (χ1v) is 8.03. The number of hydrogen-bond donors (Lipinski definition) is 0. The Hall–Kier alpha value is -0.410. The Bertz CT molecular complexity index is 291. The summed E-state index contributed by atoms with van der Waals surface area (Å²) in [6.45, 7) is 1.56. The lowest BCUT2D eigenvalue weighted by molar-refractivity contribution is -0.185. The largest absolute Gasteiger partial charge is 0.348 e. The lowest BCUT2D eigenvalue weighted by atomic mass is 9.69. The van der Waals surface area contributed by atoms with Crippen LogP contribution in [0, 0.1) is 17.8 Å². The van der Waals surface area contributed by atoms with Gasteiger partial charge in [-0.2, -0.15) is 0 Å². The maximum Gasteiger partial charge on any atom is 0.168 e. The van der Waals surface area contributed by atoms with Crippen LogP contribution in [0.15, 0.2) is 0 Å². The van der Waals surface area contributed by atoms with Gasteiger partial charge in [0.15, 0.2) is 5.79 Å². The van der Waals surface area contributed by atoms with Gasteiger partial charge in [-0.05, 0) is 56.3 Å². The molecule has 0 amide bonds. The van der Waals surface area contributed by atoms with Gasteiger partial charge in [0, 0.05) is 19.3 Å². The number of aldehydes is 1. The first-order chi connectivity index (χ1) is 9.31. The van der Waals surface area contributed by atoms with Crippen LogP contribution in [-0.4, -0.2) is 25.3 Å². The van der Waals surface area contributed by atoms with E-state index >= 15 is 0 Å². The smallest absolute Gasteiger partial charge is 0.168 e. The summed E-state index contributed by atoms with van der Waals surface area (Å²) in [5, 5.41) is 0. The van der Waals surface area contributed by atoms with Crippen molar-refractivity contribution in [1.82, 2.24) is 0 Å².